The van der Waals surface area contributed by atoms with Gasteiger partial charge in [0.2, 0.25) is 5.91 Å². The second-order valence-electron chi connectivity index (χ2n) is 9.19. The minimum atomic E-state index is -0.332. The topological polar surface area (TPSA) is 44.7 Å². The molecule has 0 aliphatic rings. The molecule has 0 heterocycles. The van der Waals surface area contributed by atoms with E-state index in [1.165, 1.54) is 23.3 Å². The summed E-state index contributed by atoms with van der Waals surface area (Å²) in [5, 5.41) is 2.90. The van der Waals surface area contributed by atoms with Gasteiger partial charge in [-0.1, -0.05) is 86.1 Å². The Labute approximate surface area is 237 Å². The second-order valence-corrected chi connectivity index (χ2v) is 9.19. The van der Waals surface area contributed by atoms with Crippen LogP contribution in [0.25, 0.3) is 0 Å². The molecule has 1 amide bonds. The maximum absolute atomic E-state index is 13.7. The van der Waals surface area contributed by atoms with Crippen LogP contribution in [0, 0.1) is 18.2 Å². The smallest absolute Gasteiger partial charge is 0.224 e. The number of nitrogens with one attached hydrogen (secondary N) is 1. The Hall–Kier alpha value is -3.65. The van der Waals surface area contributed by atoms with Gasteiger partial charge in [-0.2, -0.15) is 0 Å². The predicted molar refractivity (Wildman–Crippen MR) is 167 cm³/mol. The number of amides is 1. The number of aliphatic imine (C=N–C) groups is 1. The number of hydrogen-bond acceptors (Lipinski definition) is 2. The highest BCUT2D eigenvalue weighted by Gasteiger charge is 2.11. The van der Waals surface area contributed by atoms with Crippen molar-refractivity contribution in [2.24, 2.45) is 4.99 Å². The van der Waals surface area contributed by atoms with Crippen LogP contribution in [0.5, 0.6) is 0 Å². The molecule has 0 saturated carbocycles. The van der Waals surface area contributed by atoms with Crippen LogP contribution in [0.2, 0.25) is 0 Å². The lowest BCUT2D eigenvalue weighted by Gasteiger charge is -2.26. The molecule has 5 heteroatoms. The van der Waals surface area contributed by atoms with Gasteiger partial charge in [-0.3, -0.25) is 9.79 Å². The molecule has 1 unspecified atom stereocenters. The molecule has 0 aromatic heterocycles. The number of terminal acetylenes is 1. The normalized spacial score (nSPS) is 12.7. The van der Waals surface area contributed by atoms with Crippen molar-refractivity contribution in [1.82, 2.24) is 10.2 Å². The third-order valence-electron chi connectivity index (χ3n) is 6.14. The average Bonchev–Trinajstić information content (AvgIpc) is 2.92. The van der Waals surface area contributed by atoms with Gasteiger partial charge in [0, 0.05) is 19.6 Å². The van der Waals surface area contributed by atoms with Gasteiger partial charge >= 0.3 is 0 Å². The molecule has 0 spiro atoms. The first-order valence-electron chi connectivity index (χ1n) is 13.7. The van der Waals surface area contributed by atoms with E-state index in [-0.39, 0.29) is 24.2 Å². The molecule has 0 radical (unpaired) electrons. The summed E-state index contributed by atoms with van der Waals surface area (Å²) in [6.07, 6.45) is 20.4. The van der Waals surface area contributed by atoms with Crippen molar-refractivity contribution in [3.8, 4) is 12.3 Å². The van der Waals surface area contributed by atoms with Crippen LogP contribution in [0.4, 0.5) is 4.39 Å². The quantitative estimate of drug-likeness (QED) is 0.0630. The molecule has 0 aliphatic heterocycles. The Balaban J connectivity index is 0.00000336. The lowest BCUT2D eigenvalue weighted by molar-refractivity contribution is -0.120. The van der Waals surface area contributed by atoms with Gasteiger partial charge in [-0.25, -0.2) is 4.39 Å². The summed E-state index contributed by atoms with van der Waals surface area (Å²) < 4.78 is 13.7. The summed E-state index contributed by atoms with van der Waals surface area (Å²) in [5.41, 5.74) is 2.89. The highest BCUT2D eigenvalue weighted by molar-refractivity contribution is 5.80. The fraction of sp³-hybridized carbons (Fsp3) is 0.412. The van der Waals surface area contributed by atoms with Crippen molar-refractivity contribution in [2.75, 3.05) is 19.6 Å². The van der Waals surface area contributed by atoms with Crippen molar-refractivity contribution >= 4 is 11.7 Å². The molecule has 0 fully saturated rings. The van der Waals surface area contributed by atoms with E-state index in [0.717, 1.165) is 44.6 Å². The molecular formula is C34H48FN3O. The minimum absolute atomic E-state index is 0.0815. The summed E-state index contributed by atoms with van der Waals surface area (Å²) in [7, 11) is 0. The van der Waals surface area contributed by atoms with E-state index in [1.807, 2.05) is 32.1 Å². The molecule has 1 atom stereocenters. The second kappa shape index (κ2) is 22.3. The number of carbonyl (C=O) groups excluding carboxylic acids is 1. The number of nitrogens with zero attached hydrogens (tertiary/aromatic N) is 2. The minimum Gasteiger partial charge on any atom is -0.356 e. The molecule has 0 bridgehead atoms. The molecule has 1 aromatic carbocycles. The van der Waals surface area contributed by atoms with Crippen LogP contribution in [0.1, 0.15) is 65.9 Å². The first-order chi connectivity index (χ1) is 18.7. The van der Waals surface area contributed by atoms with Gasteiger partial charge in [0.1, 0.15) is 5.82 Å². The lowest BCUT2D eigenvalue weighted by atomic mass is 10.1. The van der Waals surface area contributed by atoms with Gasteiger partial charge in [-0.05, 0) is 70.7 Å². The molecule has 39 heavy (non-hydrogen) atoms. The number of rotatable bonds is 15. The van der Waals surface area contributed by atoms with E-state index in [2.05, 4.69) is 68.6 Å². The van der Waals surface area contributed by atoms with Gasteiger partial charge in [0.25, 0.3) is 0 Å². The number of amidine groups is 1. The molecule has 1 rings (SSSR count). The van der Waals surface area contributed by atoms with Crippen molar-refractivity contribution in [3.63, 3.8) is 0 Å². The SMILES string of the molecule is C#CC=C.C=C/C=C(\C=C/C)CN(CCCCCCNC(=O)Cc1ccccc1F)C(C)=NC(C)/C(C)=C/C. The Kier molecular flexibility index (Phi) is 20.3. The van der Waals surface area contributed by atoms with Gasteiger partial charge in [0.05, 0.1) is 18.3 Å². The Morgan fingerprint density at radius 3 is 2.44 bits per heavy atom. The van der Waals surface area contributed by atoms with Crippen molar-refractivity contribution < 1.29 is 9.18 Å². The molecule has 4 nitrogen and oxygen atoms in total. The number of unbranched alkanes of at least 4 members (excludes halogenated alkanes) is 3. The standard InChI is InChI=1S/C30H44FN3O.C4H4/c1-7-16-27(17-8-2)23-34(26(6)33-25(5)24(4)9-3)21-15-11-10-14-20-32-30(35)22-28-18-12-13-19-29(28)31;1-3-4-2/h7-9,12-13,16-19,25H,1,10-11,14-15,20-23H2,2-6H3,(H,32,35);1,4H,2H2/b17-8-,24-9+,27-16+,33-26?;. The van der Waals surface area contributed by atoms with E-state index >= 15 is 0 Å². The fourth-order valence-electron chi connectivity index (χ4n) is 3.69. The molecule has 0 aliphatic carbocycles. The zero-order valence-corrected chi connectivity index (χ0v) is 24.7. The summed E-state index contributed by atoms with van der Waals surface area (Å²) >= 11 is 0. The first-order valence-corrected chi connectivity index (χ1v) is 13.7. The van der Waals surface area contributed by atoms with E-state index in [9.17, 15) is 9.18 Å². The van der Waals surface area contributed by atoms with Crippen LogP contribution in [0.15, 0.2) is 90.0 Å². The van der Waals surface area contributed by atoms with Crippen LogP contribution in [-0.4, -0.2) is 42.3 Å². The highest BCUT2D eigenvalue weighted by Crippen LogP contribution is 2.11. The number of allylic oxidation sites excluding steroid dienone is 5. The van der Waals surface area contributed by atoms with Crippen molar-refractivity contribution in [3.05, 3.63) is 96.4 Å². The van der Waals surface area contributed by atoms with Gasteiger partial charge in [-0.15, -0.1) is 6.42 Å². The van der Waals surface area contributed by atoms with E-state index in [4.69, 9.17) is 4.99 Å². The summed E-state index contributed by atoms with van der Waals surface area (Å²) in [4.78, 5) is 19.3. The largest absolute Gasteiger partial charge is 0.356 e. The zero-order chi connectivity index (χ0) is 29.5. The van der Waals surface area contributed by atoms with Crippen molar-refractivity contribution in [1.29, 1.82) is 0 Å². The van der Waals surface area contributed by atoms with Crippen LogP contribution < -0.4 is 5.32 Å². The monoisotopic (exact) mass is 533 g/mol. The summed E-state index contributed by atoms with van der Waals surface area (Å²) in [5.74, 6) is 2.77. The summed E-state index contributed by atoms with van der Waals surface area (Å²) in [6, 6.07) is 6.57. The number of hydrogen-bond donors (Lipinski definition) is 1. The van der Waals surface area contributed by atoms with E-state index in [0.29, 0.717) is 12.1 Å². The highest BCUT2D eigenvalue weighted by atomic mass is 19.1. The molecule has 1 aromatic rings. The predicted octanol–water partition coefficient (Wildman–Crippen LogP) is 7.61. The number of carbonyl (C=O) groups is 1. The average molecular weight is 534 g/mol. The Morgan fingerprint density at radius 2 is 1.85 bits per heavy atom. The van der Waals surface area contributed by atoms with E-state index < -0.39 is 0 Å². The molecular weight excluding hydrogens is 485 g/mol. The summed E-state index contributed by atoms with van der Waals surface area (Å²) in [6.45, 7) is 19.8. The van der Waals surface area contributed by atoms with Crippen LogP contribution >= 0.6 is 0 Å². The van der Waals surface area contributed by atoms with Gasteiger partial charge in [0.15, 0.2) is 0 Å². The van der Waals surface area contributed by atoms with Crippen LogP contribution in [-0.2, 0) is 11.2 Å². The van der Waals surface area contributed by atoms with Crippen molar-refractivity contribution in [2.45, 2.75) is 72.8 Å². The molecule has 0 saturated heterocycles. The molecule has 212 valence electrons. The fourth-order valence-corrected chi connectivity index (χ4v) is 3.69. The van der Waals surface area contributed by atoms with Crippen LogP contribution in [0.3, 0.4) is 0 Å². The third kappa shape index (κ3) is 16.7. The molecule has 1 N–H and O–H groups in total. The Morgan fingerprint density at radius 1 is 1.18 bits per heavy atom. The number of benzene rings is 1. The Bertz CT molecular complexity index is 1040. The lowest BCUT2D eigenvalue weighted by Crippen LogP contribution is -2.32. The first kappa shape index (κ1) is 35.4. The maximum atomic E-state index is 13.7. The van der Waals surface area contributed by atoms with Gasteiger partial charge < -0.3 is 10.2 Å². The third-order valence-corrected chi connectivity index (χ3v) is 6.14. The maximum Gasteiger partial charge on any atom is 0.224 e. The zero-order valence-electron chi connectivity index (χ0n) is 24.7. The number of halogens is 1. The van der Waals surface area contributed by atoms with E-state index in [1.54, 1.807) is 18.2 Å².